The van der Waals surface area contributed by atoms with E-state index in [4.69, 9.17) is 10.5 Å². The molecule has 0 aliphatic heterocycles. The number of nitrogen functional groups attached to an aromatic ring is 1. The van der Waals surface area contributed by atoms with Crippen LogP contribution in [0.4, 0.5) is 5.69 Å². The van der Waals surface area contributed by atoms with E-state index in [0.29, 0.717) is 22.1 Å². The molecule has 2 N–H and O–H groups in total. The molecular formula is C12H16BrNO4S. The Hall–Kier alpha value is -1.08. The van der Waals surface area contributed by atoms with Crippen LogP contribution < -0.4 is 5.73 Å². The van der Waals surface area contributed by atoms with E-state index in [1.54, 1.807) is 25.1 Å². The molecule has 1 aromatic rings. The van der Waals surface area contributed by atoms with Crippen molar-refractivity contribution in [2.24, 2.45) is 0 Å². The fourth-order valence-corrected chi connectivity index (χ4v) is 2.65. The minimum atomic E-state index is -3.02. The lowest BCUT2D eigenvalue weighted by atomic mass is 10.2. The number of halogens is 1. The maximum Gasteiger partial charge on any atom is 0.339 e. The largest absolute Gasteiger partial charge is 0.462 e. The van der Waals surface area contributed by atoms with E-state index in [9.17, 15) is 13.2 Å². The molecular weight excluding hydrogens is 334 g/mol. The van der Waals surface area contributed by atoms with Crippen molar-refractivity contribution >= 4 is 37.4 Å². The van der Waals surface area contributed by atoms with Crippen molar-refractivity contribution in [1.82, 2.24) is 0 Å². The summed E-state index contributed by atoms with van der Waals surface area (Å²) >= 11 is 3.21. The molecule has 0 amide bonds. The highest BCUT2D eigenvalue weighted by molar-refractivity contribution is 9.10. The number of carbonyl (C=O) groups excluding carboxylic acids is 1. The van der Waals surface area contributed by atoms with Crippen molar-refractivity contribution in [3.63, 3.8) is 0 Å². The number of carbonyl (C=O) groups is 1. The van der Waals surface area contributed by atoms with E-state index < -0.39 is 15.8 Å². The van der Waals surface area contributed by atoms with E-state index in [1.807, 2.05) is 0 Å². The summed E-state index contributed by atoms with van der Waals surface area (Å²) in [7, 11) is -3.02. The number of nitrogens with two attached hydrogens (primary N) is 1. The van der Waals surface area contributed by atoms with Gasteiger partial charge < -0.3 is 10.5 Å². The summed E-state index contributed by atoms with van der Waals surface area (Å²) < 4.78 is 28.0. The van der Waals surface area contributed by atoms with Gasteiger partial charge in [0.2, 0.25) is 0 Å². The van der Waals surface area contributed by atoms with Gasteiger partial charge in [0.15, 0.2) is 0 Å². The zero-order chi connectivity index (χ0) is 14.5. The molecule has 0 fully saturated rings. The average Bonchev–Trinajstić information content (AvgIpc) is 2.37. The number of esters is 1. The molecule has 106 valence electrons. The summed E-state index contributed by atoms with van der Waals surface area (Å²) in [5.41, 5.74) is 6.43. The summed E-state index contributed by atoms with van der Waals surface area (Å²) in [6.45, 7) is 1.66. The lowest BCUT2D eigenvalue weighted by Crippen LogP contribution is -2.13. The molecule has 0 atom stereocenters. The molecule has 5 nitrogen and oxygen atoms in total. The molecule has 0 heterocycles. The highest BCUT2D eigenvalue weighted by Gasteiger charge is 2.13. The Morgan fingerprint density at radius 1 is 1.42 bits per heavy atom. The van der Waals surface area contributed by atoms with Gasteiger partial charge in [0.1, 0.15) is 9.84 Å². The van der Waals surface area contributed by atoms with Crippen LogP contribution in [-0.2, 0) is 14.6 Å². The first-order valence-corrected chi connectivity index (χ1v) is 8.40. The average molecular weight is 350 g/mol. The van der Waals surface area contributed by atoms with Crippen LogP contribution in [0.5, 0.6) is 0 Å². The van der Waals surface area contributed by atoms with Crippen LogP contribution in [0.25, 0.3) is 0 Å². The van der Waals surface area contributed by atoms with Crippen LogP contribution in [0.2, 0.25) is 0 Å². The highest BCUT2D eigenvalue weighted by atomic mass is 79.9. The lowest BCUT2D eigenvalue weighted by molar-refractivity contribution is 0.0504. The van der Waals surface area contributed by atoms with Gasteiger partial charge in [-0.25, -0.2) is 13.2 Å². The topological polar surface area (TPSA) is 86.5 Å². The quantitative estimate of drug-likeness (QED) is 0.482. The second-order valence-electron chi connectivity index (χ2n) is 3.93. The molecule has 0 aromatic heterocycles. The monoisotopic (exact) mass is 349 g/mol. The third-order valence-corrected chi connectivity index (χ3v) is 5.20. The summed E-state index contributed by atoms with van der Waals surface area (Å²) in [6, 6.07) is 4.90. The first-order valence-electron chi connectivity index (χ1n) is 5.79. The molecule has 7 heteroatoms. The molecule has 0 unspecified atom stereocenters. The first kappa shape index (κ1) is 16.0. The molecule has 0 aliphatic carbocycles. The molecule has 0 bridgehead atoms. The number of sulfone groups is 1. The SMILES string of the molecule is CCS(=O)(=O)CCCOC(=O)c1cccc(N)c1Br. The van der Waals surface area contributed by atoms with Crippen molar-refractivity contribution in [2.45, 2.75) is 13.3 Å². The van der Waals surface area contributed by atoms with E-state index in [0.717, 1.165) is 0 Å². The molecule has 0 spiro atoms. The fraction of sp³-hybridized carbons (Fsp3) is 0.417. The highest BCUT2D eigenvalue weighted by Crippen LogP contribution is 2.24. The van der Waals surface area contributed by atoms with Crippen LogP contribution in [0.1, 0.15) is 23.7 Å². The van der Waals surface area contributed by atoms with Crippen LogP contribution in [0.3, 0.4) is 0 Å². The zero-order valence-electron chi connectivity index (χ0n) is 10.6. The fourth-order valence-electron chi connectivity index (χ4n) is 1.37. The lowest BCUT2D eigenvalue weighted by Gasteiger charge is -2.07. The number of hydrogen-bond acceptors (Lipinski definition) is 5. The third-order valence-electron chi connectivity index (χ3n) is 2.52. The van der Waals surface area contributed by atoms with E-state index in [1.165, 1.54) is 0 Å². The Labute approximate surface area is 121 Å². The number of benzene rings is 1. The predicted octanol–water partition coefficient (Wildman–Crippen LogP) is 2.01. The maximum absolute atomic E-state index is 11.8. The Kier molecular flexibility index (Phi) is 5.81. The number of hydrogen-bond donors (Lipinski definition) is 1. The van der Waals surface area contributed by atoms with Crippen LogP contribution >= 0.6 is 15.9 Å². The van der Waals surface area contributed by atoms with Gasteiger partial charge in [-0.2, -0.15) is 0 Å². The van der Waals surface area contributed by atoms with Gasteiger partial charge in [-0.3, -0.25) is 0 Å². The summed E-state index contributed by atoms with van der Waals surface area (Å²) in [5, 5.41) is 0. The van der Waals surface area contributed by atoms with Crippen molar-refractivity contribution in [3.8, 4) is 0 Å². The second-order valence-corrected chi connectivity index (χ2v) is 7.20. The predicted molar refractivity (Wildman–Crippen MR) is 77.8 cm³/mol. The van der Waals surface area contributed by atoms with Crippen molar-refractivity contribution in [2.75, 3.05) is 23.8 Å². The Balaban J connectivity index is 2.51. The number of ether oxygens (including phenoxy) is 1. The molecule has 0 radical (unpaired) electrons. The molecule has 1 aromatic carbocycles. The van der Waals surface area contributed by atoms with Gasteiger partial charge >= 0.3 is 5.97 Å². The minimum Gasteiger partial charge on any atom is -0.462 e. The number of anilines is 1. The van der Waals surface area contributed by atoms with Gasteiger partial charge in [0.25, 0.3) is 0 Å². The zero-order valence-corrected chi connectivity index (χ0v) is 13.0. The van der Waals surface area contributed by atoms with Crippen LogP contribution in [0.15, 0.2) is 22.7 Å². The van der Waals surface area contributed by atoms with Gasteiger partial charge in [-0.15, -0.1) is 0 Å². The van der Waals surface area contributed by atoms with Crippen molar-refractivity contribution in [1.29, 1.82) is 0 Å². The van der Waals surface area contributed by atoms with Gasteiger partial charge in [-0.1, -0.05) is 13.0 Å². The van der Waals surface area contributed by atoms with Crippen LogP contribution in [-0.4, -0.2) is 32.5 Å². The molecule has 0 saturated carbocycles. The standard InChI is InChI=1S/C12H16BrNO4S/c1-2-19(16,17)8-4-7-18-12(15)9-5-3-6-10(14)11(9)13/h3,5-6H,2,4,7-8,14H2,1H3. The molecule has 1 rings (SSSR count). The Morgan fingerprint density at radius 2 is 2.11 bits per heavy atom. The summed E-state index contributed by atoms with van der Waals surface area (Å²) in [4.78, 5) is 11.8. The van der Waals surface area contributed by atoms with Crippen molar-refractivity contribution in [3.05, 3.63) is 28.2 Å². The summed E-state index contributed by atoms with van der Waals surface area (Å²) in [5.74, 6) is -0.399. The Bertz CT molecular complexity index is 557. The third kappa shape index (κ3) is 4.83. The van der Waals surface area contributed by atoms with Crippen LogP contribution in [0, 0.1) is 0 Å². The molecule has 19 heavy (non-hydrogen) atoms. The Morgan fingerprint density at radius 3 is 2.74 bits per heavy atom. The molecule has 0 saturated heterocycles. The van der Waals surface area contributed by atoms with Gasteiger partial charge in [0, 0.05) is 11.4 Å². The number of rotatable bonds is 6. The van der Waals surface area contributed by atoms with E-state index in [-0.39, 0.29) is 18.1 Å². The maximum atomic E-state index is 11.8. The second kappa shape index (κ2) is 6.91. The van der Waals surface area contributed by atoms with Gasteiger partial charge in [0.05, 0.1) is 22.4 Å². The normalized spacial score (nSPS) is 11.3. The van der Waals surface area contributed by atoms with Crippen molar-refractivity contribution < 1.29 is 17.9 Å². The smallest absolute Gasteiger partial charge is 0.339 e. The van der Waals surface area contributed by atoms with Gasteiger partial charge in [-0.05, 0) is 34.5 Å². The van der Waals surface area contributed by atoms with E-state index >= 15 is 0 Å². The first-order chi connectivity index (χ1) is 8.87. The minimum absolute atomic E-state index is 0.0227. The molecule has 0 aliphatic rings. The summed E-state index contributed by atoms with van der Waals surface area (Å²) in [6.07, 6.45) is 0.294. The van der Waals surface area contributed by atoms with E-state index in [2.05, 4.69) is 15.9 Å².